The highest BCUT2D eigenvalue weighted by molar-refractivity contribution is 8.00. The zero-order valence-electron chi connectivity index (χ0n) is 22.8. The molecule has 0 heterocycles. The lowest BCUT2D eigenvalue weighted by atomic mass is 10.0. The molecular weight excluding hydrogens is 596 g/mol. The molecule has 0 radical (unpaired) electrons. The minimum absolute atomic E-state index is 0.189. The predicted molar refractivity (Wildman–Crippen MR) is 163 cm³/mol. The fraction of sp³-hybridized carbons (Fsp3) is 0.0968. The fourth-order valence-electron chi connectivity index (χ4n) is 4.06. The second-order valence-corrected chi connectivity index (χ2v) is 10.5. The van der Waals surface area contributed by atoms with E-state index in [1.807, 2.05) is 30.3 Å². The van der Waals surface area contributed by atoms with E-state index in [1.54, 1.807) is 36.4 Å². The van der Waals surface area contributed by atoms with Gasteiger partial charge < -0.3 is 30.3 Å². The molecule has 4 aromatic rings. The molecular formula is C31H25ClN2O8S. The van der Waals surface area contributed by atoms with Crippen molar-refractivity contribution in [1.82, 2.24) is 0 Å². The second-order valence-electron chi connectivity index (χ2n) is 8.93. The lowest BCUT2D eigenvalue weighted by Crippen LogP contribution is -2.19. The summed E-state index contributed by atoms with van der Waals surface area (Å²) in [5.41, 5.74) is 0.607. The van der Waals surface area contributed by atoms with Gasteiger partial charge in [-0.15, -0.1) is 11.8 Å². The van der Waals surface area contributed by atoms with E-state index < -0.39 is 28.7 Å². The minimum atomic E-state index is -1.43. The minimum Gasteiger partial charge on any atom is -0.495 e. The van der Waals surface area contributed by atoms with Crippen molar-refractivity contribution in [2.24, 2.45) is 0 Å². The van der Waals surface area contributed by atoms with Gasteiger partial charge in [-0.2, -0.15) is 0 Å². The molecule has 0 aliphatic carbocycles. The number of hydrogen-bond acceptors (Lipinski definition) is 7. The summed E-state index contributed by atoms with van der Waals surface area (Å²) in [6.07, 6.45) is 0. The number of thioether (sulfide) groups is 1. The molecule has 1 atom stereocenters. The van der Waals surface area contributed by atoms with Gasteiger partial charge in [-0.1, -0.05) is 41.9 Å². The normalized spacial score (nSPS) is 11.2. The molecule has 0 bridgehead atoms. The van der Waals surface area contributed by atoms with Crippen LogP contribution in [-0.4, -0.2) is 48.2 Å². The maximum atomic E-state index is 13.6. The lowest BCUT2D eigenvalue weighted by molar-refractivity contribution is -0.115. The Balaban J connectivity index is 1.54. The standard InChI is InChI=1S/C31H25ClN2O8S/c1-41-25-16-26(42-2)24(15-23(25)32)34-29(36)27(17-6-4-3-5-7-17)43-20-11-9-19(10-12-20)33-28(35)21-13-8-18(30(37)38)14-22(21)31(39)40/h3-16,27H,1-2H3,(H,33,35)(H,34,36)(H,37,38)(H,39,40). The molecule has 0 aliphatic rings. The van der Waals surface area contributed by atoms with E-state index in [4.69, 9.17) is 26.2 Å². The Kier molecular flexibility index (Phi) is 9.91. The Bertz CT molecular complexity index is 1680. The summed E-state index contributed by atoms with van der Waals surface area (Å²) in [6.45, 7) is 0. The monoisotopic (exact) mass is 620 g/mol. The number of carboxylic acid groups (broad SMARTS) is 2. The van der Waals surface area contributed by atoms with Crippen molar-refractivity contribution >= 4 is 58.5 Å². The number of carbonyl (C=O) groups excluding carboxylic acids is 2. The highest BCUT2D eigenvalue weighted by Gasteiger charge is 2.24. The number of rotatable bonds is 11. The maximum Gasteiger partial charge on any atom is 0.336 e. The summed E-state index contributed by atoms with van der Waals surface area (Å²) < 4.78 is 10.6. The molecule has 0 spiro atoms. The Morgan fingerprint density at radius 1 is 0.767 bits per heavy atom. The van der Waals surface area contributed by atoms with Gasteiger partial charge in [0.05, 0.1) is 41.6 Å². The summed E-state index contributed by atoms with van der Waals surface area (Å²) in [4.78, 5) is 50.0. The van der Waals surface area contributed by atoms with Gasteiger partial charge in [0.2, 0.25) is 5.91 Å². The van der Waals surface area contributed by atoms with Crippen LogP contribution in [0, 0.1) is 0 Å². The summed E-state index contributed by atoms with van der Waals surface area (Å²) in [6, 6.07) is 22.2. The summed E-state index contributed by atoms with van der Waals surface area (Å²) in [5, 5.41) is 23.7. The van der Waals surface area contributed by atoms with Gasteiger partial charge in [-0.25, -0.2) is 9.59 Å². The molecule has 0 fully saturated rings. The number of carboxylic acids is 2. The van der Waals surface area contributed by atoms with Gasteiger partial charge in [0.25, 0.3) is 5.91 Å². The quantitative estimate of drug-likeness (QED) is 0.138. The molecule has 0 saturated heterocycles. The molecule has 4 rings (SSSR count). The molecule has 0 aliphatic heterocycles. The second kappa shape index (κ2) is 13.8. The number of ether oxygens (including phenoxy) is 2. The van der Waals surface area contributed by atoms with Gasteiger partial charge >= 0.3 is 11.9 Å². The molecule has 43 heavy (non-hydrogen) atoms. The number of methoxy groups -OCH3 is 2. The van der Waals surface area contributed by atoms with Crippen molar-refractivity contribution in [2.75, 3.05) is 24.9 Å². The van der Waals surface area contributed by atoms with Crippen molar-refractivity contribution in [3.05, 3.63) is 112 Å². The average molecular weight is 621 g/mol. The van der Waals surface area contributed by atoms with Crippen LogP contribution in [0.4, 0.5) is 11.4 Å². The Morgan fingerprint density at radius 2 is 1.44 bits per heavy atom. The number of aromatic carboxylic acids is 2. The van der Waals surface area contributed by atoms with Crippen molar-refractivity contribution < 1.29 is 38.9 Å². The number of amides is 2. The van der Waals surface area contributed by atoms with Crippen molar-refractivity contribution in [3.63, 3.8) is 0 Å². The van der Waals surface area contributed by atoms with Gasteiger partial charge in [-0.3, -0.25) is 9.59 Å². The molecule has 1 unspecified atom stereocenters. The third-order valence-corrected chi connectivity index (χ3v) is 7.74. The number of benzene rings is 4. The van der Waals surface area contributed by atoms with Crippen molar-refractivity contribution in [2.45, 2.75) is 10.1 Å². The molecule has 12 heteroatoms. The molecule has 4 aromatic carbocycles. The van der Waals surface area contributed by atoms with Crippen molar-refractivity contribution in [3.8, 4) is 11.5 Å². The zero-order chi connectivity index (χ0) is 31.1. The molecule has 10 nitrogen and oxygen atoms in total. The van der Waals surface area contributed by atoms with Crippen LogP contribution in [-0.2, 0) is 4.79 Å². The molecule has 2 amide bonds. The van der Waals surface area contributed by atoms with Crippen LogP contribution in [0.25, 0.3) is 0 Å². The van der Waals surface area contributed by atoms with E-state index in [0.29, 0.717) is 32.8 Å². The lowest BCUT2D eigenvalue weighted by Gasteiger charge is -2.19. The number of nitrogens with one attached hydrogen (secondary N) is 2. The molecule has 4 N–H and O–H groups in total. The first-order chi connectivity index (χ1) is 20.6. The van der Waals surface area contributed by atoms with Crippen LogP contribution in [0.1, 0.15) is 41.9 Å². The van der Waals surface area contributed by atoms with Crippen molar-refractivity contribution in [1.29, 1.82) is 0 Å². The highest BCUT2D eigenvalue weighted by Crippen LogP contribution is 2.40. The third kappa shape index (κ3) is 7.45. The van der Waals surface area contributed by atoms with Crippen LogP contribution in [0.15, 0.2) is 89.8 Å². The Morgan fingerprint density at radius 3 is 2.05 bits per heavy atom. The number of anilines is 2. The smallest absolute Gasteiger partial charge is 0.336 e. The number of carbonyl (C=O) groups is 4. The van der Waals surface area contributed by atoms with Crippen LogP contribution >= 0.6 is 23.4 Å². The number of halogens is 1. The first kappa shape index (κ1) is 30.9. The van der Waals surface area contributed by atoms with Crippen LogP contribution in [0.3, 0.4) is 0 Å². The third-order valence-electron chi connectivity index (χ3n) is 6.18. The number of hydrogen-bond donors (Lipinski definition) is 4. The summed E-state index contributed by atoms with van der Waals surface area (Å²) >= 11 is 7.55. The van der Waals surface area contributed by atoms with Crippen LogP contribution in [0.5, 0.6) is 11.5 Å². The van der Waals surface area contributed by atoms with E-state index in [-0.39, 0.29) is 17.0 Å². The largest absolute Gasteiger partial charge is 0.495 e. The first-order valence-electron chi connectivity index (χ1n) is 12.6. The van der Waals surface area contributed by atoms with E-state index in [9.17, 15) is 24.3 Å². The first-order valence-corrected chi connectivity index (χ1v) is 13.8. The van der Waals surface area contributed by atoms with Crippen LogP contribution in [0.2, 0.25) is 5.02 Å². The highest BCUT2D eigenvalue weighted by atomic mass is 35.5. The topological polar surface area (TPSA) is 151 Å². The SMILES string of the molecule is COc1cc(OC)c(NC(=O)C(Sc2ccc(NC(=O)c3ccc(C(=O)O)cc3C(=O)O)cc2)c2ccccc2)cc1Cl. The van der Waals surface area contributed by atoms with Gasteiger partial charge in [0.15, 0.2) is 0 Å². The van der Waals surface area contributed by atoms with Gasteiger partial charge in [0.1, 0.15) is 16.7 Å². The Hall–Kier alpha value is -5.00. The van der Waals surface area contributed by atoms with Gasteiger partial charge in [-0.05, 0) is 54.1 Å². The van der Waals surface area contributed by atoms with E-state index in [2.05, 4.69) is 10.6 Å². The maximum absolute atomic E-state index is 13.6. The molecule has 220 valence electrons. The zero-order valence-corrected chi connectivity index (χ0v) is 24.4. The van der Waals surface area contributed by atoms with Crippen LogP contribution < -0.4 is 20.1 Å². The predicted octanol–water partition coefficient (Wildman–Crippen LogP) is 6.48. The van der Waals surface area contributed by atoms with Gasteiger partial charge in [0, 0.05) is 16.6 Å². The average Bonchev–Trinajstić information content (AvgIpc) is 3.00. The fourth-order valence-corrected chi connectivity index (χ4v) is 5.33. The Labute approximate surface area is 255 Å². The molecule has 0 aromatic heterocycles. The summed E-state index contributed by atoms with van der Waals surface area (Å²) in [7, 11) is 2.94. The molecule has 0 saturated carbocycles. The van der Waals surface area contributed by atoms with E-state index in [0.717, 1.165) is 23.8 Å². The van der Waals surface area contributed by atoms with E-state index in [1.165, 1.54) is 26.0 Å². The summed E-state index contributed by atoms with van der Waals surface area (Å²) in [5.74, 6) is -3.02. The van der Waals surface area contributed by atoms with E-state index >= 15 is 0 Å².